The highest BCUT2D eigenvalue weighted by molar-refractivity contribution is 7.98. The van der Waals surface area contributed by atoms with Gasteiger partial charge in [0.15, 0.2) is 5.16 Å². The largest absolute Gasteiger partial charge is 0.542 e. The maximum absolute atomic E-state index is 15.6. The molecule has 0 aliphatic rings. The van der Waals surface area contributed by atoms with Gasteiger partial charge >= 0.3 is 12.1 Å². The Bertz CT molecular complexity index is 2140. The number of aliphatic carboxylic acids is 2. The molecule has 1 atom stereocenters. The first-order valence-electron chi connectivity index (χ1n) is 16.9. The number of aromatic nitrogens is 2. The summed E-state index contributed by atoms with van der Waals surface area (Å²) in [6.45, 7) is 4.77. The minimum absolute atomic E-state index is 0.0302. The number of methoxy groups -OCH3 is 1. The number of benzene rings is 3. The number of imidazole rings is 1. The Morgan fingerprint density at radius 2 is 1.63 bits per heavy atom. The van der Waals surface area contributed by atoms with Crippen molar-refractivity contribution in [1.82, 2.24) is 14.3 Å². The molecule has 3 aromatic carbocycles. The number of carbonyl (C=O) groups excluding carboxylic acids is 1. The molecule has 11 nitrogen and oxygen atoms in total. The normalized spacial score (nSPS) is 12.8. The number of sulfonamides is 1. The van der Waals surface area contributed by atoms with Crippen LogP contribution < -0.4 is 14.6 Å². The second kappa shape index (κ2) is 19.2. The highest BCUT2D eigenvalue weighted by Crippen LogP contribution is 2.40. The van der Waals surface area contributed by atoms with Crippen molar-refractivity contribution >= 4 is 56.9 Å². The van der Waals surface area contributed by atoms with Gasteiger partial charge in [-0.1, -0.05) is 54.9 Å². The number of thioether (sulfide) groups is 1. The molecule has 0 saturated heterocycles. The zero-order valence-electron chi connectivity index (χ0n) is 31.6. The maximum atomic E-state index is 15.6. The van der Waals surface area contributed by atoms with E-state index in [1.165, 1.54) is 19.2 Å². The summed E-state index contributed by atoms with van der Waals surface area (Å²) in [6.07, 6.45) is -2.24. The number of hydrogen-bond acceptors (Lipinski definition) is 8. The number of carboxylic acids is 2. The molecule has 1 aromatic heterocycles. The van der Waals surface area contributed by atoms with E-state index in [-0.39, 0.29) is 22.8 Å². The van der Waals surface area contributed by atoms with Crippen molar-refractivity contribution in [3.05, 3.63) is 99.3 Å². The molecule has 1 heterocycles. The van der Waals surface area contributed by atoms with E-state index in [0.717, 1.165) is 41.7 Å². The minimum atomic E-state index is -5.19. The zero-order chi connectivity index (χ0) is 43.1. The Labute approximate surface area is 341 Å². The molecule has 57 heavy (non-hydrogen) atoms. The first-order chi connectivity index (χ1) is 26.3. The van der Waals surface area contributed by atoms with Crippen LogP contribution in [0.25, 0.3) is 5.69 Å². The highest BCUT2D eigenvalue weighted by Gasteiger charge is 2.32. The fraction of sp³-hybridized carbons (Fsp3) is 0.378. The lowest BCUT2D eigenvalue weighted by Crippen LogP contribution is -2.41. The van der Waals surface area contributed by atoms with Crippen LogP contribution in [0.3, 0.4) is 0 Å². The summed E-state index contributed by atoms with van der Waals surface area (Å²) in [5, 5.41) is 19.2. The van der Waals surface area contributed by atoms with Gasteiger partial charge in [0, 0.05) is 27.4 Å². The molecule has 0 saturated carbocycles. The van der Waals surface area contributed by atoms with Crippen LogP contribution in [0.4, 0.5) is 22.0 Å². The van der Waals surface area contributed by atoms with Crippen LogP contribution in [0.2, 0.25) is 10.0 Å². The van der Waals surface area contributed by atoms with Crippen molar-refractivity contribution in [1.29, 1.82) is 0 Å². The van der Waals surface area contributed by atoms with Crippen LogP contribution in [-0.2, 0) is 30.8 Å². The third-order valence-electron chi connectivity index (χ3n) is 8.50. The number of carboxylic acid groups (broad SMARTS) is 2. The number of nitrogens with zero attached hydrogens (tertiary/aromatic N) is 3. The van der Waals surface area contributed by atoms with E-state index >= 15 is 4.39 Å². The number of hydrogen-bond donors (Lipinski definition) is 2. The molecule has 0 aliphatic heterocycles. The standard InChI is InChI=1S/C35H40Cl2F2N4O5S2.C2HF3O2/c1-35(2,22-10-15-27(36)31(17-22)48-6)32-20-40-34(42(32)24-13-11-23(38)12-14-24)49-21-26-28(37)18-25(19-29(26)39)50(46,47)41-30(33(44)45)9-7-8-16-43(3,4)5;3-2(4,5)1(6)7/h10-15,17-20,30,41H,7-9,16,21H2,1-6H3;(H,6,7)/t30-;/m0./s1. The van der Waals surface area contributed by atoms with Gasteiger partial charge in [0.25, 0.3) is 0 Å². The Balaban J connectivity index is 0.00000113. The number of carbonyl (C=O) groups is 2. The summed E-state index contributed by atoms with van der Waals surface area (Å²) in [7, 11) is 3.14. The van der Waals surface area contributed by atoms with Crippen LogP contribution in [0.15, 0.2) is 70.8 Å². The smallest absolute Gasteiger partial charge is 0.430 e. The predicted octanol–water partition coefficient (Wildman–Crippen LogP) is 6.99. The first-order valence-corrected chi connectivity index (χ1v) is 20.1. The van der Waals surface area contributed by atoms with Crippen LogP contribution in [0, 0.1) is 11.6 Å². The number of ether oxygens (including phenoxy) is 1. The molecule has 0 bridgehead atoms. The molecule has 4 aromatic rings. The van der Waals surface area contributed by atoms with E-state index in [4.69, 9.17) is 37.8 Å². The molecule has 2 N–H and O–H groups in total. The summed E-state index contributed by atoms with van der Waals surface area (Å²) >= 11 is 13.9. The SMILES string of the molecule is COc1cc(C(C)(C)c2cnc(SCc3c(F)cc(S(=O)(=O)N[C@@H](CCCC[N+](C)(C)C)C(=O)O)cc3Cl)n2-c2ccc(F)cc2)ccc1Cl.O=C([O-])C(F)(F)F. The molecule has 0 amide bonds. The van der Waals surface area contributed by atoms with Gasteiger partial charge in [-0.15, -0.1) is 0 Å². The van der Waals surface area contributed by atoms with Crippen molar-refractivity contribution in [2.45, 2.75) is 66.5 Å². The number of nitrogens with one attached hydrogen (secondary N) is 1. The van der Waals surface area contributed by atoms with E-state index in [2.05, 4.69) is 9.71 Å². The number of alkyl halides is 3. The lowest BCUT2D eigenvalue weighted by atomic mass is 9.81. The molecule has 0 radical (unpaired) electrons. The lowest BCUT2D eigenvalue weighted by Gasteiger charge is -2.28. The van der Waals surface area contributed by atoms with Gasteiger partial charge < -0.3 is 24.2 Å². The third-order valence-corrected chi connectivity index (χ3v) is 11.6. The van der Waals surface area contributed by atoms with Gasteiger partial charge in [-0.3, -0.25) is 9.36 Å². The second-order valence-corrected chi connectivity index (χ2v) is 17.6. The van der Waals surface area contributed by atoms with Crippen LogP contribution in [-0.4, -0.2) is 86.5 Å². The van der Waals surface area contributed by atoms with E-state index < -0.39 is 56.1 Å². The minimum Gasteiger partial charge on any atom is -0.542 e. The molecule has 20 heteroatoms. The zero-order valence-corrected chi connectivity index (χ0v) is 34.7. The number of quaternary nitrogens is 1. The van der Waals surface area contributed by atoms with Crippen molar-refractivity contribution in [2.24, 2.45) is 0 Å². The van der Waals surface area contributed by atoms with E-state index in [1.54, 1.807) is 24.4 Å². The van der Waals surface area contributed by atoms with Crippen LogP contribution >= 0.6 is 35.0 Å². The molecule has 0 unspecified atom stereocenters. The Hall–Kier alpha value is -3.94. The Morgan fingerprint density at radius 3 is 2.16 bits per heavy atom. The molecule has 0 fully saturated rings. The van der Waals surface area contributed by atoms with Crippen molar-refractivity contribution in [3.8, 4) is 11.4 Å². The number of unbranched alkanes of at least 4 members (excludes halogenated alkanes) is 1. The molecular formula is C37H41Cl2F5N4O7S2. The fourth-order valence-corrected chi connectivity index (χ4v) is 8.25. The number of rotatable bonds is 16. The van der Waals surface area contributed by atoms with Gasteiger partial charge in [-0.25, -0.2) is 22.2 Å². The van der Waals surface area contributed by atoms with Gasteiger partial charge in [-0.2, -0.15) is 17.9 Å². The predicted molar refractivity (Wildman–Crippen MR) is 204 cm³/mol. The lowest BCUT2D eigenvalue weighted by molar-refractivity contribution is -0.870. The van der Waals surface area contributed by atoms with Gasteiger partial charge in [0.05, 0.1) is 56.6 Å². The third kappa shape index (κ3) is 13.0. The maximum Gasteiger partial charge on any atom is 0.430 e. The summed E-state index contributed by atoms with van der Waals surface area (Å²) in [6, 6.07) is 11.9. The quantitative estimate of drug-likeness (QED) is 0.0526. The molecule has 0 spiro atoms. The molecular weight excluding hydrogens is 842 g/mol. The summed E-state index contributed by atoms with van der Waals surface area (Å²) < 4.78 is 97.6. The first kappa shape index (κ1) is 47.4. The van der Waals surface area contributed by atoms with Gasteiger partial charge in [0.1, 0.15) is 29.4 Å². The van der Waals surface area contributed by atoms with Gasteiger partial charge in [0.2, 0.25) is 10.0 Å². The summed E-state index contributed by atoms with van der Waals surface area (Å²) in [4.78, 5) is 24.8. The topological polar surface area (TPSA) is 151 Å². The van der Waals surface area contributed by atoms with Gasteiger partial charge in [-0.05, 0) is 73.4 Å². The number of halogens is 7. The summed E-state index contributed by atoms with van der Waals surface area (Å²) in [5.74, 6) is -5.16. The van der Waals surface area contributed by atoms with Crippen LogP contribution in [0.1, 0.15) is 49.9 Å². The Kier molecular flexibility index (Phi) is 16.0. The van der Waals surface area contributed by atoms with E-state index in [0.29, 0.717) is 38.9 Å². The second-order valence-electron chi connectivity index (χ2n) is 14.2. The van der Waals surface area contributed by atoms with E-state index in [1.807, 2.05) is 51.7 Å². The highest BCUT2D eigenvalue weighted by atomic mass is 35.5. The molecule has 4 rings (SSSR count). The van der Waals surface area contributed by atoms with E-state index in [9.17, 15) is 35.9 Å². The average Bonchev–Trinajstić information content (AvgIpc) is 3.53. The van der Waals surface area contributed by atoms with Crippen molar-refractivity contribution in [2.75, 3.05) is 34.8 Å². The molecule has 312 valence electrons. The van der Waals surface area contributed by atoms with Crippen LogP contribution in [0.5, 0.6) is 5.75 Å². The average molecular weight is 884 g/mol. The van der Waals surface area contributed by atoms with Crippen molar-refractivity contribution in [3.63, 3.8) is 0 Å². The van der Waals surface area contributed by atoms with Crippen molar-refractivity contribution < 1.29 is 59.4 Å². The molecule has 0 aliphatic carbocycles. The monoisotopic (exact) mass is 882 g/mol. The summed E-state index contributed by atoms with van der Waals surface area (Å²) in [5.41, 5.74) is 1.58. The fourth-order valence-electron chi connectivity index (χ4n) is 5.35. The Morgan fingerprint density at radius 1 is 1.02 bits per heavy atom.